The van der Waals surface area contributed by atoms with Crippen molar-refractivity contribution in [2.24, 2.45) is 0 Å². The molecule has 0 saturated carbocycles. The van der Waals surface area contributed by atoms with E-state index in [1.807, 2.05) is 30.5 Å². The van der Waals surface area contributed by atoms with E-state index < -0.39 is 0 Å². The Morgan fingerprint density at radius 2 is 1.75 bits per heavy atom. The SMILES string of the molecule is Cc1ccccc1C(C)Nc1ncc2ccccc2n1. The highest BCUT2D eigenvalue weighted by molar-refractivity contribution is 5.78. The molecule has 3 nitrogen and oxygen atoms in total. The van der Waals surface area contributed by atoms with Gasteiger partial charge in [-0.25, -0.2) is 9.97 Å². The number of hydrogen-bond acceptors (Lipinski definition) is 3. The number of aromatic nitrogens is 2. The van der Waals surface area contributed by atoms with Crippen molar-refractivity contribution in [3.63, 3.8) is 0 Å². The van der Waals surface area contributed by atoms with Crippen LogP contribution in [0.15, 0.2) is 54.7 Å². The first kappa shape index (κ1) is 12.6. The molecule has 20 heavy (non-hydrogen) atoms. The molecular formula is C17H17N3. The zero-order valence-electron chi connectivity index (χ0n) is 11.7. The summed E-state index contributed by atoms with van der Waals surface area (Å²) < 4.78 is 0. The summed E-state index contributed by atoms with van der Waals surface area (Å²) in [6, 6.07) is 16.5. The highest BCUT2D eigenvalue weighted by atomic mass is 15.1. The maximum absolute atomic E-state index is 4.55. The number of rotatable bonds is 3. The summed E-state index contributed by atoms with van der Waals surface area (Å²) in [5, 5.41) is 4.43. The van der Waals surface area contributed by atoms with Crippen LogP contribution < -0.4 is 5.32 Å². The molecule has 0 amide bonds. The molecule has 3 rings (SSSR count). The van der Waals surface area contributed by atoms with E-state index in [4.69, 9.17) is 0 Å². The average Bonchev–Trinajstić information content (AvgIpc) is 2.47. The van der Waals surface area contributed by atoms with Crippen LogP contribution >= 0.6 is 0 Å². The Morgan fingerprint density at radius 1 is 1.00 bits per heavy atom. The predicted molar refractivity (Wildman–Crippen MR) is 82.8 cm³/mol. The fraction of sp³-hybridized carbons (Fsp3) is 0.176. The fourth-order valence-electron chi connectivity index (χ4n) is 2.39. The van der Waals surface area contributed by atoms with Gasteiger partial charge in [-0.1, -0.05) is 42.5 Å². The van der Waals surface area contributed by atoms with E-state index in [1.54, 1.807) is 0 Å². The molecule has 0 aliphatic carbocycles. The van der Waals surface area contributed by atoms with Crippen LogP contribution in [-0.4, -0.2) is 9.97 Å². The maximum Gasteiger partial charge on any atom is 0.223 e. The highest BCUT2D eigenvalue weighted by Gasteiger charge is 2.09. The fourth-order valence-corrected chi connectivity index (χ4v) is 2.39. The molecule has 1 N–H and O–H groups in total. The lowest BCUT2D eigenvalue weighted by Crippen LogP contribution is -2.10. The molecular weight excluding hydrogens is 246 g/mol. The van der Waals surface area contributed by atoms with E-state index >= 15 is 0 Å². The van der Waals surface area contributed by atoms with Crippen molar-refractivity contribution in [3.8, 4) is 0 Å². The van der Waals surface area contributed by atoms with E-state index in [9.17, 15) is 0 Å². The van der Waals surface area contributed by atoms with Crippen molar-refractivity contribution < 1.29 is 0 Å². The zero-order valence-corrected chi connectivity index (χ0v) is 11.7. The predicted octanol–water partition coefficient (Wildman–Crippen LogP) is 4.11. The summed E-state index contributed by atoms with van der Waals surface area (Å²) in [5.74, 6) is 0.666. The number of benzene rings is 2. The minimum absolute atomic E-state index is 0.178. The van der Waals surface area contributed by atoms with Gasteiger partial charge in [-0.2, -0.15) is 0 Å². The molecule has 0 spiro atoms. The van der Waals surface area contributed by atoms with E-state index in [1.165, 1.54) is 11.1 Å². The third-order valence-electron chi connectivity index (χ3n) is 3.49. The molecule has 0 aliphatic heterocycles. The molecule has 1 heterocycles. The van der Waals surface area contributed by atoms with Gasteiger partial charge >= 0.3 is 0 Å². The van der Waals surface area contributed by atoms with Gasteiger partial charge in [0.1, 0.15) is 0 Å². The maximum atomic E-state index is 4.55. The Kier molecular flexibility index (Phi) is 3.33. The van der Waals surface area contributed by atoms with Crippen LogP contribution in [0.25, 0.3) is 10.9 Å². The Hall–Kier alpha value is -2.42. The third kappa shape index (κ3) is 2.48. The van der Waals surface area contributed by atoms with E-state index in [0.717, 1.165) is 10.9 Å². The normalized spacial score (nSPS) is 12.3. The molecule has 0 aliphatic rings. The Bertz CT molecular complexity index is 737. The lowest BCUT2D eigenvalue weighted by atomic mass is 10.0. The van der Waals surface area contributed by atoms with Crippen LogP contribution in [0.4, 0.5) is 5.95 Å². The van der Waals surface area contributed by atoms with Crippen LogP contribution in [-0.2, 0) is 0 Å². The number of nitrogens with zero attached hydrogens (tertiary/aromatic N) is 2. The Labute approximate surface area is 118 Å². The summed E-state index contributed by atoms with van der Waals surface area (Å²) in [6.45, 7) is 4.25. The summed E-state index contributed by atoms with van der Waals surface area (Å²) in [5.41, 5.74) is 3.50. The zero-order chi connectivity index (χ0) is 13.9. The van der Waals surface area contributed by atoms with Gasteiger partial charge in [-0.05, 0) is 31.0 Å². The van der Waals surface area contributed by atoms with Crippen LogP contribution in [0.1, 0.15) is 24.1 Å². The van der Waals surface area contributed by atoms with Gasteiger partial charge < -0.3 is 5.32 Å². The second kappa shape index (κ2) is 5.29. The van der Waals surface area contributed by atoms with Crippen LogP contribution in [0.3, 0.4) is 0 Å². The average molecular weight is 263 g/mol. The van der Waals surface area contributed by atoms with Crippen LogP contribution in [0.5, 0.6) is 0 Å². The van der Waals surface area contributed by atoms with Crippen molar-refractivity contribution >= 4 is 16.9 Å². The third-order valence-corrected chi connectivity index (χ3v) is 3.49. The molecule has 1 aromatic heterocycles. The standard InChI is InChI=1S/C17H17N3/c1-12-7-3-5-9-15(12)13(2)19-17-18-11-14-8-4-6-10-16(14)20-17/h3-11,13H,1-2H3,(H,18,19,20). The first-order valence-electron chi connectivity index (χ1n) is 6.78. The van der Waals surface area contributed by atoms with Crippen molar-refractivity contribution in [3.05, 3.63) is 65.9 Å². The van der Waals surface area contributed by atoms with E-state index in [2.05, 4.69) is 53.4 Å². The minimum atomic E-state index is 0.178. The van der Waals surface area contributed by atoms with Crippen molar-refractivity contribution in [2.75, 3.05) is 5.32 Å². The second-order valence-corrected chi connectivity index (χ2v) is 4.98. The van der Waals surface area contributed by atoms with E-state index in [0.29, 0.717) is 5.95 Å². The van der Waals surface area contributed by atoms with Gasteiger partial charge in [0.15, 0.2) is 0 Å². The van der Waals surface area contributed by atoms with Crippen molar-refractivity contribution in [2.45, 2.75) is 19.9 Å². The summed E-state index contributed by atoms with van der Waals surface area (Å²) in [7, 11) is 0. The first-order valence-corrected chi connectivity index (χ1v) is 6.78. The topological polar surface area (TPSA) is 37.8 Å². The molecule has 100 valence electrons. The van der Waals surface area contributed by atoms with Crippen molar-refractivity contribution in [1.82, 2.24) is 9.97 Å². The van der Waals surface area contributed by atoms with Gasteiger partial charge in [0.05, 0.1) is 11.6 Å². The van der Waals surface area contributed by atoms with Crippen LogP contribution in [0.2, 0.25) is 0 Å². The van der Waals surface area contributed by atoms with Gasteiger partial charge in [0.25, 0.3) is 0 Å². The monoisotopic (exact) mass is 263 g/mol. The van der Waals surface area contributed by atoms with Crippen LogP contribution in [0, 0.1) is 6.92 Å². The molecule has 0 bridgehead atoms. The number of fused-ring (bicyclic) bond motifs is 1. The number of aryl methyl sites for hydroxylation is 1. The summed E-state index contributed by atoms with van der Waals surface area (Å²) >= 11 is 0. The number of anilines is 1. The minimum Gasteiger partial charge on any atom is -0.348 e. The van der Waals surface area contributed by atoms with Gasteiger partial charge in [-0.15, -0.1) is 0 Å². The lowest BCUT2D eigenvalue weighted by molar-refractivity contribution is 0.855. The molecule has 0 saturated heterocycles. The van der Waals surface area contributed by atoms with Gasteiger partial charge in [-0.3, -0.25) is 0 Å². The van der Waals surface area contributed by atoms with Crippen molar-refractivity contribution in [1.29, 1.82) is 0 Å². The number of para-hydroxylation sites is 1. The lowest BCUT2D eigenvalue weighted by Gasteiger charge is -2.16. The Morgan fingerprint density at radius 3 is 2.60 bits per heavy atom. The first-order chi connectivity index (χ1) is 9.74. The van der Waals surface area contributed by atoms with Gasteiger partial charge in [0, 0.05) is 11.6 Å². The molecule has 0 radical (unpaired) electrons. The Balaban J connectivity index is 1.87. The smallest absolute Gasteiger partial charge is 0.223 e. The molecule has 2 aromatic carbocycles. The molecule has 0 fully saturated rings. The van der Waals surface area contributed by atoms with E-state index in [-0.39, 0.29) is 6.04 Å². The summed E-state index contributed by atoms with van der Waals surface area (Å²) in [4.78, 5) is 8.93. The molecule has 3 aromatic rings. The number of hydrogen-bond donors (Lipinski definition) is 1. The number of nitrogens with one attached hydrogen (secondary N) is 1. The largest absolute Gasteiger partial charge is 0.348 e. The highest BCUT2D eigenvalue weighted by Crippen LogP contribution is 2.21. The molecule has 1 atom stereocenters. The molecule has 3 heteroatoms. The quantitative estimate of drug-likeness (QED) is 0.772. The summed E-state index contributed by atoms with van der Waals surface area (Å²) in [6.07, 6.45) is 1.86. The second-order valence-electron chi connectivity index (χ2n) is 4.98. The van der Waals surface area contributed by atoms with Gasteiger partial charge in [0.2, 0.25) is 5.95 Å². The molecule has 1 unspecified atom stereocenters.